The molecule has 0 saturated carbocycles. The highest BCUT2D eigenvalue weighted by atomic mass is 35.5. The summed E-state index contributed by atoms with van der Waals surface area (Å²) in [5.74, 6) is -0.601. The van der Waals surface area contributed by atoms with Gasteiger partial charge in [0, 0.05) is 6.07 Å². The van der Waals surface area contributed by atoms with E-state index in [9.17, 15) is 15.0 Å². The zero-order valence-corrected chi connectivity index (χ0v) is 10.6. The van der Waals surface area contributed by atoms with Gasteiger partial charge in [0.15, 0.2) is 18.5 Å². The van der Waals surface area contributed by atoms with Crippen LogP contribution in [0, 0.1) is 0 Å². The third kappa shape index (κ3) is 3.02. The van der Waals surface area contributed by atoms with Crippen LogP contribution in [0.25, 0.3) is 0 Å². The average Bonchev–Trinajstić information content (AvgIpc) is 2.66. The lowest BCUT2D eigenvalue weighted by molar-refractivity contribution is -0.765. The minimum atomic E-state index is -1.18. The van der Waals surface area contributed by atoms with Crippen molar-refractivity contribution in [3.63, 3.8) is 0 Å². The summed E-state index contributed by atoms with van der Waals surface area (Å²) in [5, 5.41) is 28.4. The molecule has 7 nitrogen and oxygen atoms in total. The van der Waals surface area contributed by atoms with Crippen molar-refractivity contribution in [2.24, 2.45) is 5.73 Å². The van der Waals surface area contributed by atoms with Crippen LogP contribution in [0.2, 0.25) is 0 Å². The predicted octanol–water partition coefficient (Wildman–Crippen LogP) is -5.31. The SMILES string of the molecule is NC(=O)c1ccc[n+]([C@@H]2O[C@H](CO)C(O)[C@@H]2O)c1.[Cl-]. The molecule has 0 bridgehead atoms. The van der Waals surface area contributed by atoms with Gasteiger partial charge in [0.2, 0.25) is 0 Å². The van der Waals surface area contributed by atoms with Crippen LogP contribution in [0.1, 0.15) is 16.6 Å². The van der Waals surface area contributed by atoms with Gasteiger partial charge in [-0.25, -0.2) is 0 Å². The van der Waals surface area contributed by atoms with E-state index >= 15 is 0 Å². The molecule has 4 atom stereocenters. The zero-order valence-electron chi connectivity index (χ0n) is 9.89. The lowest BCUT2D eigenvalue weighted by Gasteiger charge is -2.09. The van der Waals surface area contributed by atoms with Gasteiger partial charge in [-0.05, 0) is 6.07 Å². The van der Waals surface area contributed by atoms with Gasteiger partial charge in [-0.15, -0.1) is 0 Å². The highest BCUT2D eigenvalue weighted by Gasteiger charge is 2.47. The first kappa shape index (κ1) is 15.8. The summed E-state index contributed by atoms with van der Waals surface area (Å²) in [7, 11) is 0. The number of hydrogen-bond acceptors (Lipinski definition) is 5. The number of carbonyl (C=O) groups excluding carboxylic acids is 1. The summed E-state index contributed by atoms with van der Waals surface area (Å²) in [4.78, 5) is 11.1. The van der Waals surface area contributed by atoms with E-state index in [1.54, 1.807) is 12.3 Å². The number of hydrogen-bond donors (Lipinski definition) is 4. The second-order valence-electron chi connectivity index (χ2n) is 4.13. The molecule has 2 rings (SSSR count). The first-order valence-corrected chi connectivity index (χ1v) is 5.47. The number of nitrogens with zero attached hydrogens (tertiary/aromatic N) is 1. The fourth-order valence-electron chi connectivity index (χ4n) is 1.92. The number of amides is 1. The molecule has 0 spiro atoms. The Kier molecular flexibility index (Phi) is 5.21. The smallest absolute Gasteiger partial charge is 0.292 e. The number of rotatable bonds is 3. The normalized spacial score (nSPS) is 29.8. The number of nitrogens with two attached hydrogens (primary N) is 1. The van der Waals surface area contributed by atoms with Crippen LogP contribution >= 0.6 is 0 Å². The van der Waals surface area contributed by atoms with Gasteiger partial charge < -0.3 is 38.2 Å². The topological polar surface area (TPSA) is 117 Å². The summed E-state index contributed by atoms with van der Waals surface area (Å²) in [5.41, 5.74) is 5.41. The molecule has 1 aliphatic heterocycles. The minimum Gasteiger partial charge on any atom is -1.00 e. The zero-order chi connectivity index (χ0) is 13.3. The van der Waals surface area contributed by atoms with E-state index in [2.05, 4.69) is 0 Å². The van der Waals surface area contributed by atoms with Gasteiger partial charge in [-0.3, -0.25) is 4.79 Å². The van der Waals surface area contributed by atoms with Gasteiger partial charge in [-0.2, -0.15) is 4.57 Å². The maximum Gasteiger partial charge on any atom is 0.292 e. The molecule has 1 aliphatic rings. The van der Waals surface area contributed by atoms with E-state index in [0.29, 0.717) is 0 Å². The second kappa shape index (κ2) is 6.27. The molecular weight excluding hydrogens is 276 g/mol. The van der Waals surface area contributed by atoms with E-state index in [0.717, 1.165) is 0 Å². The summed E-state index contributed by atoms with van der Waals surface area (Å²) in [6, 6.07) is 3.11. The molecule has 5 N–H and O–H groups in total. The number of halogens is 1. The number of aliphatic hydroxyl groups excluding tert-OH is 3. The molecule has 0 aromatic carbocycles. The van der Waals surface area contributed by atoms with Crippen molar-refractivity contribution in [1.29, 1.82) is 0 Å². The fourth-order valence-corrected chi connectivity index (χ4v) is 1.92. The summed E-state index contributed by atoms with van der Waals surface area (Å²) < 4.78 is 6.75. The van der Waals surface area contributed by atoms with Crippen molar-refractivity contribution in [2.45, 2.75) is 24.5 Å². The van der Waals surface area contributed by atoms with Crippen LogP contribution in [0.3, 0.4) is 0 Å². The number of pyridine rings is 1. The predicted molar refractivity (Wildman–Crippen MR) is 58.2 cm³/mol. The lowest BCUT2D eigenvalue weighted by Crippen LogP contribution is -3.00. The van der Waals surface area contributed by atoms with Crippen molar-refractivity contribution in [1.82, 2.24) is 0 Å². The fraction of sp³-hybridized carbons (Fsp3) is 0.455. The van der Waals surface area contributed by atoms with Gasteiger partial charge in [0.1, 0.15) is 17.8 Å². The summed E-state index contributed by atoms with van der Waals surface area (Å²) >= 11 is 0. The van der Waals surface area contributed by atoms with Crippen molar-refractivity contribution in [3.8, 4) is 0 Å². The summed E-state index contributed by atoms with van der Waals surface area (Å²) in [6.07, 6.45) is -1.08. The van der Waals surface area contributed by atoms with E-state index in [1.807, 2.05) is 0 Å². The number of primary amides is 1. The van der Waals surface area contributed by atoms with E-state index < -0.39 is 37.1 Å². The van der Waals surface area contributed by atoms with E-state index in [-0.39, 0.29) is 18.0 Å². The van der Waals surface area contributed by atoms with Crippen LogP contribution in [-0.2, 0) is 4.74 Å². The summed E-state index contributed by atoms with van der Waals surface area (Å²) in [6.45, 7) is -0.398. The third-order valence-electron chi connectivity index (χ3n) is 2.92. The van der Waals surface area contributed by atoms with Gasteiger partial charge in [0.25, 0.3) is 12.1 Å². The average molecular weight is 291 g/mol. The molecule has 1 unspecified atom stereocenters. The first-order chi connectivity index (χ1) is 8.54. The van der Waals surface area contributed by atoms with E-state index in [4.69, 9.17) is 15.6 Å². The van der Waals surface area contributed by atoms with Gasteiger partial charge >= 0.3 is 0 Å². The van der Waals surface area contributed by atoms with Crippen LogP contribution in [0.15, 0.2) is 24.5 Å². The van der Waals surface area contributed by atoms with Crippen molar-refractivity contribution in [3.05, 3.63) is 30.1 Å². The Morgan fingerprint density at radius 1 is 1.42 bits per heavy atom. The number of aliphatic hydroxyl groups is 3. The van der Waals surface area contributed by atoms with Crippen LogP contribution in [0.4, 0.5) is 0 Å². The maximum atomic E-state index is 11.1. The molecule has 1 saturated heterocycles. The van der Waals surface area contributed by atoms with Crippen molar-refractivity contribution in [2.75, 3.05) is 6.61 Å². The third-order valence-corrected chi connectivity index (χ3v) is 2.92. The maximum absolute atomic E-state index is 11.1. The van der Waals surface area contributed by atoms with E-state index in [1.165, 1.54) is 16.8 Å². The molecule has 1 fully saturated rings. The Labute approximate surface area is 115 Å². The molecule has 2 heterocycles. The lowest BCUT2D eigenvalue weighted by atomic mass is 10.1. The van der Waals surface area contributed by atoms with Crippen molar-refractivity contribution >= 4 is 5.91 Å². The second-order valence-corrected chi connectivity index (χ2v) is 4.13. The Balaban J connectivity index is 0.00000180. The Morgan fingerprint density at radius 2 is 2.11 bits per heavy atom. The Hall–Kier alpha value is -1.25. The number of ether oxygens (including phenoxy) is 1. The van der Waals surface area contributed by atoms with Crippen molar-refractivity contribution < 1.29 is 41.8 Å². The quantitative estimate of drug-likeness (QED) is 0.415. The molecule has 0 aliphatic carbocycles. The highest BCUT2D eigenvalue weighted by Crippen LogP contribution is 2.24. The molecule has 1 aromatic rings. The molecule has 19 heavy (non-hydrogen) atoms. The molecule has 0 radical (unpaired) electrons. The first-order valence-electron chi connectivity index (χ1n) is 5.47. The molecular formula is C11H15ClN2O5. The molecule has 8 heteroatoms. The minimum absolute atomic E-state index is 0. The Morgan fingerprint density at radius 3 is 2.63 bits per heavy atom. The highest BCUT2D eigenvalue weighted by molar-refractivity contribution is 5.92. The number of aromatic nitrogens is 1. The largest absolute Gasteiger partial charge is 1.00 e. The van der Waals surface area contributed by atoms with Crippen LogP contribution in [0.5, 0.6) is 0 Å². The number of carbonyl (C=O) groups is 1. The Bertz CT molecular complexity index is 458. The molecule has 106 valence electrons. The van der Waals surface area contributed by atoms with Crippen LogP contribution < -0.4 is 22.7 Å². The van der Waals surface area contributed by atoms with Gasteiger partial charge in [-0.1, -0.05) is 0 Å². The standard InChI is InChI=1S/C11H14N2O5.ClH/c12-10(17)6-2-1-3-13(4-6)11-9(16)8(15)7(5-14)18-11;/h1-4,7-9,11,14-16H,5H2,(H-,12,17);1H/t7-,8?,9+,11-;/m1./s1. The monoisotopic (exact) mass is 290 g/mol. The molecule has 1 aromatic heterocycles. The van der Waals surface area contributed by atoms with Crippen LogP contribution in [-0.4, -0.2) is 46.1 Å². The molecule has 1 amide bonds. The van der Waals surface area contributed by atoms with Gasteiger partial charge in [0.05, 0.1) is 6.61 Å².